The molecule has 2 aromatic rings. The quantitative estimate of drug-likeness (QED) is 0.660. The predicted molar refractivity (Wildman–Crippen MR) is 77.0 cm³/mol. The lowest BCUT2D eigenvalue weighted by atomic mass is 9.98. The van der Waals surface area contributed by atoms with E-state index in [0.29, 0.717) is 0 Å². The first kappa shape index (κ1) is 13.2. The van der Waals surface area contributed by atoms with Crippen LogP contribution in [-0.4, -0.2) is 0 Å². The van der Waals surface area contributed by atoms with Gasteiger partial charge in [0.25, 0.3) is 0 Å². The molecule has 0 bridgehead atoms. The molecule has 0 aliphatic heterocycles. The summed E-state index contributed by atoms with van der Waals surface area (Å²) in [7, 11) is 0. The molecule has 0 saturated carbocycles. The maximum Gasteiger partial charge on any atom is -0.0154 e. The highest BCUT2D eigenvalue weighted by Gasteiger charge is 2.01. The molecule has 17 heavy (non-hydrogen) atoms. The Labute approximate surface area is 105 Å². The largest absolute Gasteiger partial charge is 0.0792 e. The van der Waals surface area contributed by atoms with Gasteiger partial charge >= 0.3 is 0 Å². The van der Waals surface area contributed by atoms with Crippen LogP contribution in [0.4, 0.5) is 0 Å². The summed E-state index contributed by atoms with van der Waals surface area (Å²) in [4.78, 5) is 0. The average molecular weight is 224 g/mol. The smallest absolute Gasteiger partial charge is 0.0154 e. The van der Waals surface area contributed by atoms with Crippen LogP contribution in [0.15, 0.2) is 66.7 Å². The van der Waals surface area contributed by atoms with E-state index in [4.69, 9.17) is 0 Å². The molecular weight excluding hydrogens is 204 g/mol. The van der Waals surface area contributed by atoms with Crippen molar-refractivity contribution in [3.8, 4) is 0 Å². The Morgan fingerprint density at radius 2 is 1.06 bits per heavy atom. The second kappa shape index (κ2) is 7.45. The van der Waals surface area contributed by atoms with Crippen molar-refractivity contribution in [1.29, 1.82) is 0 Å². The van der Waals surface area contributed by atoms with Gasteiger partial charge in [0.2, 0.25) is 0 Å². The molecule has 0 aliphatic rings. The van der Waals surface area contributed by atoms with Crippen molar-refractivity contribution in [1.82, 2.24) is 0 Å². The number of hydrogen-bond acceptors (Lipinski definition) is 0. The van der Waals surface area contributed by atoms with Gasteiger partial charge in [-0.1, -0.05) is 80.6 Å². The molecule has 0 N–H and O–H groups in total. The van der Waals surface area contributed by atoms with Crippen LogP contribution < -0.4 is 0 Å². The van der Waals surface area contributed by atoms with Crippen molar-refractivity contribution in [2.45, 2.75) is 20.8 Å². The van der Waals surface area contributed by atoms with Crippen LogP contribution in [-0.2, 0) is 0 Å². The highest BCUT2D eigenvalue weighted by molar-refractivity contribution is 5.79. The molecular formula is C17H20. The van der Waals surface area contributed by atoms with E-state index in [0.717, 1.165) is 0 Å². The van der Waals surface area contributed by atoms with Crippen LogP contribution >= 0.6 is 0 Å². The van der Waals surface area contributed by atoms with E-state index in [1.807, 2.05) is 26.0 Å². The van der Waals surface area contributed by atoms with Gasteiger partial charge in [-0.05, 0) is 23.6 Å². The topological polar surface area (TPSA) is 0 Å². The minimum absolute atomic E-state index is 1.27. The van der Waals surface area contributed by atoms with Crippen LogP contribution in [0.1, 0.15) is 31.9 Å². The molecule has 0 amide bonds. The molecule has 0 saturated heterocycles. The molecule has 0 heteroatoms. The second-order valence-corrected chi connectivity index (χ2v) is 3.43. The Morgan fingerprint density at radius 3 is 1.35 bits per heavy atom. The fraction of sp³-hybridized carbons (Fsp3) is 0.176. The minimum Gasteiger partial charge on any atom is -0.0792 e. The summed E-state index contributed by atoms with van der Waals surface area (Å²) in [5.74, 6) is 0. The van der Waals surface area contributed by atoms with E-state index in [1.54, 1.807) is 0 Å². The number of allylic oxidation sites excluding steroid dienone is 1. The molecule has 0 heterocycles. The zero-order valence-electron chi connectivity index (χ0n) is 10.9. The van der Waals surface area contributed by atoms with Crippen molar-refractivity contribution < 1.29 is 0 Å². The number of hydrogen-bond donors (Lipinski definition) is 0. The zero-order chi connectivity index (χ0) is 12.5. The second-order valence-electron chi connectivity index (χ2n) is 3.43. The molecule has 0 spiro atoms. The fourth-order valence-electron chi connectivity index (χ4n) is 1.74. The Morgan fingerprint density at radius 1 is 0.706 bits per heavy atom. The van der Waals surface area contributed by atoms with Gasteiger partial charge in [-0.15, -0.1) is 0 Å². The van der Waals surface area contributed by atoms with Crippen LogP contribution in [0.3, 0.4) is 0 Å². The van der Waals surface area contributed by atoms with Gasteiger partial charge in [-0.3, -0.25) is 0 Å². The molecule has 2 rings (SSSR count). The highest BCUT2D eigenvalue weighted by Crippen LogP contribution is 2.22. The minimum atomic E-state index is 1.27. The zero-order valence-corrected chi connectivity index (χ0v) is 10.9. The van der Waals surface area contributed by atoms with E-state index < -0.39 is 0 Å². The van der Waals surface area contributed by atoms with Gasteiger partial charge in [-0.2, -0.15) is 0 Å². The summed E-state index contributed by atoms with van der Waals surface area (Å²) in [6.45, 7) is 6.08. The fourth-order valence-corrected chi connectivity index (χ4v) is 1.74. The highest BCUT2D eigenvalue weighted by atomic mass is 14.1. The summed E-state index contributed by atoms with van der Waals surface area (Å²) >= 11 is 0. The number of rotatable bonds is 2. The molecule has 0 nitrogen and oxygen atoms in total. The normalized spacial score (nSPS) is 8.88. The van der Waals surface area contributed by atoms with Crippen LogP contribution in [0.2, 0.25) is 0 Å². The van der Waals surface area contributed by atoms with E-state index in [1.165, 1.54) is 16.7 Å². The molecule has 0 aliphatic carbocycles. The van der Waals surface area contributed by atoms with Crippen molar-refractivity contribution in [2.75, 3.05) is 0 Å². The molecule has 0 fully saturated rings. The van der Waals surface area contributed by atoms with Crippen LogP contribution in [0, 0.1) is 0 Å². The van der Waals surface area contributed by atoms with Crippen molar-refractivity contribution >= 4 is 5.57 Å². The summed E-state index contributed by atoms with van der Waals surface area (Å²) in [6, 6.07) is 20.9. The predicted octanol–water partition coefficient (Wildman–Crippen LogP) is 5.16. The van der Waals surface area contributed by atoms with Gasteiger partial charge in [0, 0.05) is 0 Å². The lowest BCUT2D eigenvalue weighted by Crippen LogP contribution is -1.86. The Balaban J connectivity index is 0.000000686. The average Bonchev–Trinajstić information content (AvgIpc) is 2.44. The SMILES string of the molecule is CC.CC=C(c1ccccc1)c1ccccc1. The molecule has 0 atom stereocenters. The van der Waals surface area contributed by atoms with Crippen molar-refractivity contribution in [3.63, 3.8) is 0 Å². The number of benzene rings is 2. The third-order valence-corrected chi connectivity index (χ3v) is 2.46. The van der Waals surface area contributed by atoms with Gasteiger partial charge in [0.1, 0.15) is 0 Å². The third kappa shape index (κ3) is 3.60. The third-order valence-electron chi connectivity index (χ3n) is 2.46. The molecule has 0 unspecified atom stereocenters. The molecule has 0 aromatic heterocycles. The standard InChI is InChI=1S/C15H14.C2H6/c1-2-15(13-9-5-3-6-10-13)14-11-7-4-8-12-14;1-2/h2-12H,1H3;1-2H3. The Kier molecular flexibility index (Phi) is 5.81. The lowest BCUT2D eigenvalue weighted by molar-refractivity contribution is 1.50. The summed E-state index contributed by atoms with van der Waals surface area (Å²) in [5.41, 5.74) is 3.83. The van der Waals surface area contributed by atoms with Gasteiger partial charge in [0.15, 0.2) is 0 Å². The van der Waals surface area contributed by atoms with E-state index in [9.17, 15) is 0 Å². The van der Waals surface area contributed by atoms with Crippen molar-refractivity contribution in [3.05, 3.63) is 77.9 Å². The van der Waals surface area contributed by atoms with E-state index >= 15 is 0 Å². The lowest BCUT2D eigenvalue weighted by Gasteiger charge is -2.06. The monoisotopic (exact) mass is 224 g/mol. The van der Waals surface area contributed by atoms with Gasteiger partial charge < -0.3 is 0 Å². The Hall–Kier alpha value is -1.82. The van der Waals surface area contributed by atoms with Crippen LogP contribution in [0.25, 0.3) is 5.57 Å². The first-order chi connectivity index (χ1) is 8.42. The maximum absolute atomic E-state index is 2.16. The van der Waals surface area contributed by atoms with E-state index in [-0.39, 0.29) is 0 Å². The van der Waals surface area contributed by atoms with Gasteiger partial charge in [0.05, 0.1) is 0 Å². The first-order valence-electron chi connectivity index (χ1n) is 6.19. The maximum atomic E-state index is 2.16. The molecule has 88 valence electrons. The molecule has 2 aromatic carbocycles. The summed E-state index contributed by atoms with van der Waals surface area (Å²) in [6.07, 6.45) is 2.16. The molecule has 0 radical (unpaired) electrons. The van der Waals surface area contributed by atoms with Gasteiger partial charge in [-0.25, -0.2) is 0 Å². The first-order valence-corrected chi connectivity index (χ1v) is 6.19. The van der Waals surface area contributed by atoms with Crippen LogP contribution in [0.5, 0.6) is 0 Å². The Bertz CT molecular complexity index is 396. The summed E-state index contributed by atoms with van der Waals surface area (Å²) < 4.78 is 0. The van der Waals surface area contributed by atoms with Crippen molar-refractivity contribution in [2.24, 2.45) is 0 Å². The van der Waals surface area contributed by atoms with E-state index in [2.05, 4.69) is 61.5 Å². The summed E-state index contributed by atoms with van der Waals surface area (Å²) in [5, 5.41) is 0.